The van der Waals surface area contributed by atoms with Crippen molar-refractivity contribution in [2.45, 2.75) is 12.7 Å². The number of hydrogen-bond acceptors (Lipinski definition) is 3. The largest absolute Gasteiger partial charge is 0.459 e. The molecular weight excluding hydrogens is 297 g/mol. The molecule has 0 unspecified atom stereocenters. The summed E-state index contributed by atoms with van der Waals surface area (Å²) in [5.74, 6) is -0.162. The first kappa shape index (κ1) is 16.1. The summed E-state index contributed by atoms with van der Waals surface area (Å²) in [6, 6.07) is 8.53. The summed E-state index contributed by atoms with van der Waals surface area (Å²) in [5, 5.41) is 5.47. The molecule has 4 nitrogen and oxygen atoms in total. The van der Waals surface area contributed by atoms with Crippen LogP contribution in [0.1, 0.15) is 21.7 Å². The second-order valence-electron chi connectivity index (χ2n) is 4.56. The molecule has 0 radical (unpaired) electrons. The van der Waals surface area contributed by atoms with Gasteiger partial charge in [-0.15, -0.1) is 0 Å². The predicted molar refractivity (Wildman–Crippen MR) is 74.2 cm³/mol. The van der Waals surface area contributed by atoms with Crippen molar-refractivity contribution in [2.24, 2.45) is 0 Å². The zero-order valence-electron chi connectivity index (χ0n) is 11.6. The van der Waals surface area contributed by atoms with Crippen molar-refractivity contribution in [3.63, 3.8) is 0 Å². The normalized spacial score (nSPS) is 11.4. The van der Waals surface area contributed by atoms with E-state index in [9.17, 15) is 18.0 Å². The molecule has 0 saturated carbocycles. The van der Waals surface area contributed by atoms with Crippen molar-refractivity contribution >= 4 is 5.91 Å². The molecule has 2 aromatic rings. The van der Waals surface area contributed by atoms with Crippen LogP contribution in [0.2, 0.25) is 0 Å². The smallest absolute Gasteiger partial charge is 0.416 e. The van der Waals surface area contributed by atoms with Crippen LogP contribution in [0.5, 0.6) is 0 Å². The van der Waals surface area contributed by atoms with Gasteiger partial charge in [-0.1, -0.05) is 18.2 Å². The first-order valence-electron chi connectivity index (χ1n) is 6.66. The Balaban J connectivity index is 1.77. The molecule has 1 aromatic carbocycles. The monoisotopic (exact) mass is 312 g/mol. The van der Waals surface area contributed by atoms with E-state index in [0.29, 0.717) is 6.54 Å². The third-order valence-electron chi connectivity index (χ3n) is 2.97. The standard InChI is InChI=1S/C15H15F3N2O2/c16-15(17,18)12-5-2-1-4-11(12)10-19-7-8-20-14(21)13-6-3-9-22-13/h1-6,9,19H,7-8,10H2,(H,20,21). The maximum atomic E-state index is 12.8. The molecule has 1 amide bonds. The van der Waals surface area contributed by atoms with Gasteiger partial charge in [-0.05, 0) is 23.8 Å². The SMILES string of the molecule is O=C(NCCNCc1ccccc1C(F)(F)F)c1ccco1. The third-order valence-corrected chi connectivity index (χ3v) is 2.97. The number of amides is 1. The maximum absolute atomic E-state index is 12.8. The summed E-state index contributed by atoms with van der Waals surface area (Å²) in [7, 11) is 0. The number of carbonyl (C=O) groups is 1. The fourth-order valence-electron chi connectivity index (χ4n) is 1.93. The third kappa shape index (κ3) is 4.36. The second-order valence-corrected chi connectivity index (χ2v) is 4.56. The van der Waals surface area contributed by atoms with Gasteiger partial charge in [0.25, 0.3) is 5.91 Å². The van der Waals surface area contributed by atoms with Crippen LogP contribution in [-0.2, 0) is 12.7 Å². The minimum atomic E-state index is -4.37. The number of furan rings is 1. The van der Waals surface area contributed by atoms with Crippen LogP contribution in [0, 0.1) is 0 Å². The fraction of sp³-hybridized carbons (Fsp3) is 0.267. The molecule has 0 aliphatic carbocycles. The van der Waals surface area contributed by atoms with Crippen molar-refractivity contribution in [1.82, 2.24) is 10.6 Å². The molecule has 0 aliphatic rings. The predicted octanol–water partition coefficient (Wildman–Crippen LogP) is 2.82. The number of rotatable bonds is 6. The van der Waals surface area contributed by atoms with E-state index in [0.717, 1.165) is 6.07 Å². The van der Waals surface area contributed by atoms with Gasteiger partial charge in [0.1, 0.15) is 0 Å². The zero-order chi connectivity index (χ0) is 16.0. The Morgan fingerprint density at radius 1 is 1.09 bits per heavy atom. The highest BCUT2D eigenvalue weighted by molar-refractivity contribution is 5.91. The van der Waals surface area contributed by atoms with Gasteiger partial charge in [-0.2, -0.15) is 13.2 Å². The average Bonchev–Trinajstić information content (AvgIpc) is 3.00. The first-order valence-corrected chi connectivity index (χ1v) is 6.66. The summed E-state index contributed by atoms with van der Waals surface area (Å²) in [6.45, 7) is 0.707. The van der Waals surface area contributed by atoms with Gasteiger partial charge in [0.15, 0.2) is 5.76 Å². The number of nitrogens with one attached hydrogen (secondary N) is 2. The minimum absolute atomic E-state index is 0.0757. The highest BCUT2D eigenvalue weighted by Gasteiger charge is 2.32. The molecule has 1 heterocycles. The van der Waals surface area contributed by atoms with E-state index in [-0.39, 0.29) is 30.3 Å². The topological polar surface area (TPSA) is 54.3 Å². The van der Waals surface area contributed by atoms with Crippen LogP contribution >= 0.6 is 0 Å². The van der Waals surface area contributed by atoms with Crippen LogP contribution in [0.4, 0.5) is 13.2 Å². The van der Waals surface area contributed by atoms with E-state index in [1.807, 2.05) is 0 Å². The first-order chi connectivity index (χ1) is 10.5. The van der Waals surface area contributed by atoms with Crippen LogP contribution < -0.4 is 10.6 Å². The summed E-state index contributed by atoms with van der Waals surface area (Å²) >= 11 is 0. The quantitative estimate of drug-likeness (QED) is 0.807. The number of carbonyl (C=O) groups excluding carboxylic acids is 1. The summed E-state index contributed by atoms with van der Waals surface area (Å²) in [5.41, 5.74) is -0.477. The van der Waals surface area contributed by atoms with Crippen molar-refractivity contribution in [2.75, 3.05) is 13.1 Å². The van der Waals surface area contributed by atoms with Crippen molar-refractivity contribution in [1.29, 1.82) is 0 Å². The molecule has 0 atom stereocenters. The fourth-order valence-corrected chi connectivity index (χ4v) is 1.93. The maximum Gasteiger partial charge on any atom is 0.416 e. The van der Waals surface area contributed by atoms with E-state index in [2.05, 4.69) is 10.6 Å². The number of hydrogen-bond donors (Lipinski definition) is 2. The van der Waals surface area contributed by atoms with Crippen LogP contribution in [-0.4, -0.2) is 19.0 Å². The lowest BCUT2D eigenvalue weighted by Crippen LogP contribution is -2.31. The Morgan fingerprint density at radius 2 is 1.86 bits per heavy atom. The van der Waals surface area contributed by atoms with Gasteiger partial charge in [-0.3, -0.25) is 4.79 Å². The highest BCUT2D eigenvalue weighted by Crippen LogP contribution is 2.31. The van der Waals surface area contributed by atoms with E-state index in [1.165, 1.54) is 24.5 Å². The lowest BCUT2D eigenvalue weighted by atomic mass is 10.1. The molecular formula is C15H15F3N2O2. The van der Waals surface area contributed by atoms with Gasteiger partial charge in [0.2, 0.25) is 0 Å². The molecule has 0 aliphatic heterocycles. The minimum Gasteiger partial charge on any atom is -0.459 e. The molecule has 2 N–H and O–H groups in total. The number of benzene rings is 1. The Labute approximate surface area is 125 Å². The molecule has 118 valence electrons. The van der Waals surface area contributed by atoms with Crippen molar-refractivity contribution in [3.8, 4) is 0 Å². The zero-order valence-corrected chi connectivity index (χ0v) is 11.6. The molecule has 2 rings (SSSR count). The Morgan fingerprint density at radius 3 is 2.55 bits per heavy atom. The Bertz CT molecular complexity index is 610. The number of alkyl halides is 3. The van der Waals surface area contributed by atoms with Crippen LogP contribution in [0.3, 0.4) is 0 Å². The highest BCUT2D eigenvalue weighted by atomic mass is 19.4. The Hall–Kier alpha value is -2.28. The molecule has 0 bridgehead atoms. The lowest BCUT2D eigenvalue weighted by molar-refractivity contribution is -0.138. The van der Waals surface area contributed by atoms with Crippen molar-refractivity contribution in [3.05, 3.63) is 59.5 Å². The lowest BCUT2D eigenvalue weighted by Gasteiger charge is -2.13. The summed E-state index contributed by atoms with van der Waals surface area (Å²) < 4.78 is 43.3. The molecule has 22 heavy (non-hydrogen) atoms. The molecule has 7 heteroatoms. The van der Waals surface area contributed by atoms with Crippen molar-refractivity contribution < 1.29 is 22.4 Å². The summed E-state index contributed by atoms with van der Waals surface area (Å²) in [4.78, 5) is 11.5. The molecule has 0 spiro atoms. The molecule has 0 fully saturated rings. The molecule has 1 aromatic heterocycles. The van der Waals surface area contributed by atoms with E-state index >= 15 is 0 Å². The second kappa shape index (κ2) is 7.13. The average molecular weight is 312 g/mol. The van der Waals surface area contributed by atoms with Gasteiger partial charge in [0, 0.05) is 19.6 Å². The van der Waals surface area contributed by atoms with Gasteiger partial charge < -0.3 is 15.1 Å². The van der Waals surface area contributed by atoms with Gasteiger partial charge in [0.05, 0.1) is 11.8 Å². The number of halogens is 3. The van der Waals surface area contributed by atoms with Crippen LogP contribution in [0.15, 0.2) is 47.1 Å². The van der Waals surface area contributed by atoms with Gasteiger partial charge in [-0.25, -0.2) is 0 Å². The van der Waals surface area contributed by atoms with Gasteiger partial charge >= 0.3 is 6.18 Å². The van der Waals surface area contributed by atoms with E-state index in [1.54, 1.807) is 12.1 Å². The van der Waals surface area contributed by atoms with E-state index < -0.39 is 11.7 Å². The summed E-state index contributed by atoms with van der Waals surface area (Å²) in [6.07, 6.45) is -2.98. The van der Waals surface area contributed by atoms with Crippen LogP contribution in [0.25, 0.3) is 0 Å². The van der Waals surface area contributed by atoms with E-state index in [4.69, 9.17) is 4.42 Å². The molecule has 0 saturated heterocycles. The Kier molecular flexibility index (Phi) is 5.21.